The highest BCUT2D eigenvalue weighted by Crippen LogP contribution is 2.18. The molecular formula is C61H119NO5. The normalized spacial score (nSPS) is 12.6. The third-order valence-electron chi connectivity index (χ3n) is 14.3. The molecule has 0 radical (unpaired) electrons. The average Bonchev–Trinajstić information content (AvgIpc) is 3.33. The number of allylic oxidation sites excluding steroid dienone is 1. The Balaban J connectivity index is 3.38. The van der Waals surface area contributed by atoms with Crippen molar-refractivity contribution in [2.24, 2.45) is 0 Å². The minimum Gasteiger partial charge on any atom is -0.466 e. The minimum absolute atomic E-state index is 0.0132. The van der Waals surface area contributed by atoms with Crippen molar-refractivity contribution in [2.75, 3.05) is 13.2 Å². The Bertz CT molecular complexity index is 1000. The van der Waals surface area contributed by atoms with Gasteiger partial charge in [0.05, 0.1) is 25.4 Å². The number of carbonyl (C=O) groups is 2. The number of rotatable bonds is 57. The summed E-state index contributed by atoms with van der Waals surface area (Å²) in [5.74, 6) is -0.0562. The molecule has 3 N–H and O–H groups in total. The molecule has 0 heterocycles. The van der Waals surface area contributed by atoms with Crippen LogP contribution in [0.3, 0.4) is 0 Å². The molecule has 0 bridgehead atoms. The minimum atomic E-state index is -0.845. The maximum absolute atomic E-state index is 12.4. The lowest BCUT2D eigenvalue weighted by atomic mass is 10.0. The van der Waals surface area contributed by atoms with E-state index in [1.54, 1.807) is 6.08 Å². The molecule has 6 nitrogen and oxygen atoms in total. The molecule has 2 unspecified atom stereocenters. The molecule has 0 saturated heterocycles. The second-order valence-corrected chi connectivity index (χ2v) is 21.0. The van der Waals surface area contributed by atoms with Crippen LogP contribution in [0, 0.1) is 0 Å². The van der Waals surface area contributed by atoms with Crippen molar-refractivity contribution < 1.29 is 24.5 Å². The zero-order chi connectivity index (χ0) is 48.6. The first-order valence-corrected chi connectivity index (χ1v) is 30.5. The molecule has 0 rings (SSSR count). The Kier molecular flexibility index (Phi) is 56.0. The molecule has 0 saturated carbocycles. The summed E-state index contributed by atoms with van der Waals surface area (Å²) in [5.41, 5.74) is 0. The van der Waals surface area contributed by atoms with Crippen molar-refractivity contribution in [2.45, 2.75) is 353 Å². The Hall–Kier alpha value is -1.40. The van der Waals surface area contributed by atoms with E-state index in [1.807, 2.05) is 6.08 Å². The molecule has 67 heavy (non-hydrogen) atoms. The van der Waals surface area contributed by atoms with Crippen LogP contribution in [0.2, 0.25) is 0 Å². The molecule has 0 spiro atoms. The van der Waals surface area contributed by atoms with E-state index in [0.717, 1.165) is 38.5 Å². The van der Waals surface area contributed by atoms with Gasteiger partial charge < -0.3 is 20.3 Å². The molecular weight excluding hydrogens is 827 g/mol. The summed E-state index contributed by atoms with van der Waals surface area (Å²) in [6.07, 6.45) is 68.2. The lowest BCUT2D eigenvalue weighted by Crippen LogP contribution is -2.45. The second-order valence-electron chi connectivity index (χ2n) is 21.0. The molecule has 0 aliphatic heterocycles. The van der Waals surface area contributed by atoms with E-state index in [9.17, 15) is 19.8 Å². The van der Waals surface area contributed by atoms with Gasteiger partial charge in [-0.1, -0.05) is 309 Å². The Morgan fingerprint density at radius 1 is 0.403 bits per heavy atom. The van der Waals surface area contributed by atoms with Crippen LogP contribution in [0.5, 0.6) is 0 Å². The highest BCUT2D eigenvalue weighted by atomic mass is 16.5. The molecule has 398 valence electrons. The van der Waals surface area contributed by atoms with Crippen LogP contribution in [0.4, 0.5) is 0 Å². The van der Waals surface area contributed by atoms with Crippen molar-refractivity contribution >= 4 is 11.9 Å². The lowest BCUT2D eigenvalue weighted by molar-refractivity contribution is -0.143. The lowest BCUT2D eigenvalue weighted by Gasteiger charge is -2.20. The number of aliphatic hydroxyl groups is 2. The van der Waals surface area contributed by atoms with Gasteiger partial charge >= 0.3 is 5.97 Å². The first kappa shape index (κ1) is 65.6. The van der Waals surface area contributed by atoms with Gasteiger partial charge in [-0.05, 0) is 32.1 Å². The first-order chi connectivity index (χ1) is 33.0. The second kappa shape index (κ2) is 57.2. The summed E-state index contributed by atoms with van der Waals surface area (Å²) in [7, 11) is 0. The van der Waals surface area contributed by atoms with E-state index >= 15 is 0 Å². The summed E-state index contributed by atoms with van der Waals surface area (Å²) in [5, 5.41) is 23.1. The molecule has 0 aliphatic rings. The van der Waals surface area contributed by atoms with Crippen LogP contribution in [0.1, 0.15) is 341 Å². The number of hydrogen-bond donors (Lipinski definition) is 3. The molecule has 2 atom stereocenters. The Morgan fingerprint density at radius 3 is 1.01 bits per heavy atom. The van der Waals surface area contributed by atoms with Gasteiger partial charge in [0.15, 0.2) is 0 Å². The van der Waals surface area contributed by atoms with Crippen molar-refractivity contribution in [1.82, 2.24) is 5.32 Å². The number of amides is 1. The van der Waals surface area contributed by atoms with E-state index in [1.165, 1.54) is 276 Å². The van der Waals surface area contributed by atoms with E-state index in [-0.39, 0.29) is 18.5 Å². The zero-order valence-corrected chi connectivity index (χ0v) is 45.4. The molecule has 6 heteroatoms. The van der Waals surface area contributed by atoms with Crippen molar-refractivity contribution in [3.63, 3.8) is 0 Å². The number of carbonyl (C=O) groups excluding carboxylic acids is 2. The van der Waals surface area contributed by atoms with Gasteiger partial charge in [0.1, 0.15) is 0 Å². The van der Waals surface area contributed by atoms with Crippen molar-refractivity contribution in [3.8, 4) is 0 Å². The summed E-state index contributed by atoms with van der Waals surface area (Å²) in [6.45, 7) is 4.92. The van der Waals surface area contributed by atoms with Crippen LogP contribution in [0.15, 0.2) is 12.2 Å². The highest BCUT2D eigenvalue weighted by molar-refractivity contribution is 5.76. The average molecular weight is 947 g/mol. The van der Waals surface area contributed by atoms with Crippen LogP contribution >= 0.6 is 0 Å². The van der Waals surface area contributed by atoms with Gasteiger partial charge in [0, 0.05) is 12.8 Å². The third-order valence-corrected chi connectivity index (χ3v) is 14.3. The van der Waals surface area contributed by atoms with Crippen LogP contribution < -0.4 is 5.32 Å². The fourth-order valence-electron chi connectivity index (χ4n) is 9.64. The van der Waals surface area contributed by atoms with Crippen molar-refractivity contribution in [3.05, 3.63) is 12.2 Å². The number of esters is 1. The molecule has 0 fully saturated rings. The summed E-state index contributed by atoms with van der Waals surface area (Å²) in [4.78, 5) is 24.5. The number of aliphatic hydroxyl groups excluding tert-OH is 2. The fourth-order valence-corrected chi connectivity index (χ4v) is 9.64. The standard InChI is InChI=1S/C61H119NO5/c1-3-5-7-9-11-13-15-17-18-19-24-27-31-35-39-43-47-51-55-61(66)67-56-52-48-44-40-36-32-28-25-22-20-21-23-26-30-34-38-42-46-50-54-60(65)62-58(57-63)59(64)53-49-45-41-37-33-29-16-14-12-10-8-6-4-2/h49,53,58-59,63-64H,3-48,50-52,54-57H2,1-2H3,(H,62,65)/b53-49+. The summed E-state index contributed by atoms with van der Waals surface area (Å²) in [6, 6.07) is -0.628. The van der Waals surface area contributed by atoms with E-state index in [2.05, 4.69) is 19.2 Å². The van der Waals surface area contributed by atoms with Gasteiger partial charge in [-0.15, -0.1) is 0 Å². The van der Waals surface area contributed by atoms with Crippen LogP contribution in [-0.4, -0.2) is 47.4 Å². The molecule has 0 aromatic rings. The topological polar surface area (TPSA) is 95.9 Å². The zero-order valence-electron chi connectivity index (χ0n) is 45.4. The van der Waals surface area contributed by atoms with Crippen LogP contribution in [0.25, 0.3) is 0 Å². The van der Waals surface area contributed by atoms with Gasteiger partial charge in [-0.25, -0.2) is 0 Å². The Morgan fingerprint density at radius 2 is 0.687 bits per heavy atom. The monoisotopic (exact) mass is 946 g/mol. The largest absolute Gasteiger partial charge is 0.466 e. The predicted octanol–water partition coefficient (Wildman–Crippen LogP) is 18.9. The first-order valence-electron chi connectivity index (χ1n) is 30.5. The summed E-state index contributed by atoms with van der Waals surface area (Å²) < 4.78 is 5.50. The number of nitrogens with one attached hydrogen (secondary N) is 1. The van der Waals surface area contributed by atoms with Crippen molar-refractivity contribution in [1.29, 1.82) is 0 Å². The molecule has 1 amide bonds. The predicted molar refractivity (Wildman–Crippen MR) is 292 cm³/mol. The number of hydrogen-bond acceptors (Lipinski definition) is 5. The SMILES string of the molecule is CCCCCCCCCCCCC/C=C/C(O)C(CO)NC(=O)CCCCCCCCCCCCCCCCCCCCCOC(=O)CCCCCCCCCCCCCCCCCCCC. The quantitative estimate of drug-likeness (QED) is 0.0321. The van der Waals surface area contributed by atoms with Gasteiger partial charge in [-0.2, -0.15) is 0 Å². The Labute approximate surface area is 419 Å². The van der Waals surface area contributed by atoms with Gasteiger partial charge in [0.2, 0.25) is 5.91 Å². The van der Waals surface area contributed by atoms with Gasteiger partial charge in [0.25, 0.3) is 0 Å². The van der Waals surface area contributed by atoms with E-state index in [0.29, 0.717) is 19.4 Å². The number of ether oxygens (including phenoxy) is 1. The maximum Gasteiger partial charge on any atom is 0.305 e. The van der Waals surface area contributed by atoms with Crippen LogP contribution in [-0.2, 0) is 14.3 Å². The van der Waals surface area contributed by atoms with E-state index < -0.39 is 12.1 Å². The third kappa shape index (κ3) is 53.8. The molecule has 0 aromatic heterocycles. The van der Waals surface area contributed by atoms with E-state index in [4.69, 9.17) is 4.74 Å². The number of unbranched alkanes of at least 4 members (excludes halogenated alkanes) is 46. The maximum atomic E-state index is 12.4. The summed E-state index contributed by atoms with van der Waals surface area (Å²) >= 11 is 0. The fraction of sp³-hybridized carbons (Fsp3) is 0.934. The molecule has 0 aromatic carbocycles. The molecule has 0 aliphatic carbocycles. The van der Waals surface area contributed by atoms with Gasteiger partial charge in [-0.3, -0.25) is 9.59 Å². The smallest absolute Gasteiger partial charge is 0.305 e. The highest BCUT2D eigenvalue weighted by Gasteiger charge is 2.18.